The first-order valence-corrected chi connectivity index (χ1v) is 11.6. The molecule has 0 radical (unpaired) electrons. The number of hydrogen-bond acceptors (Lipinski definition) is 2. The number of benzene rings is 2. The van der Waals surface area contributed by atoms with Crippen LogP contribution in [0.25, 0.3) is 0 Å². The minimum absolute atomic E-state index is 0.145. The summed E-state index contributed by atoms with van der Waals surface area (Å²) in [5, 5.41) is 9.77. The van der Waals surface area contributed by atoms with Crippen LogP contribution in [0.3, 0.4) is 0 Å². The first-order chi connectivity index (χ1) is 14.4. The molecular weight excluding hydrogens is 394 g/mol. The predicted molar refractivity (Wildman–Crippen MR) is 124 cm³/mol. The van der Waals surface area contributed by atoms with Crippen molar-refractivity contribution in [3.8, 4) is 0 Å². The summed E-state index contributed by atoms with van der Waals surface area (Å²) in [5.74, 6) is -0.312. The number of carbonyl (C=O) groups is 1. The van der Waals surface area contributed by atoms with E-state index in [1.54, 1.807) is 0 Å². The summed E-state index contributed by atoms with van der Waals surface area (Å²) >= 11 is 6.28. The largest absolute Gasteiger partial charge is 0.481 e. The van der Waals surface area contributed by atoms with Crippen LogP contribution in [0.2, 0.25) is 5.02 Å². The molecule has 1 aliphatic heterocycles. The molecule has 4 heteroatoms. The van der Waals surface area contributed by atoms with Crippen molar-refractivity contribution in [1.29, 1.82) is 0 Å². The SMILES string of the molecule is Cc1ccc(CC(CCCCCCN2CC(C(=O)O)C2)c2cccc(Cl)c2)cc1C. The number of carboxylic acids is 1. The Kier molecular flexibility index (Phi) is 8.35. The van der Waals surface area contributed by atoms with Gasteiger partial charge in [-0.25, -0.2) is 0 Å². The Bertz CT molecular complexity index is 845. The van der Waals surface area contributed by atoms with E-state index in [1.165, 1.54) is 41.5 Å². The van der Waals surface area contributed by atoms with Crippen LogP contribution in [0.1, 0.15) is 60.3 Å². The van der Waals surface area contributed by atoms with E-state index in [0.29, 0.717) is 5.92 Å². The standard InChI is InChI=1S/C26H34ClNO2/c1-19-11-12-21(14-20(19)2)15-22(23-9-7-10-25(27)16-23)8-5-3-4-6-13-28-17-24(18-28)26(29)30/h7,9-12,14,16,22,24H,3-6,8,13,15,17-18H2,1-2H3,(H,29,30). The van der Waals surface area contributed by atoms with Gasteiger partial charge in [0.1, 0.15) is 0 Å². The fourth-order valence-electron chi connectivity index (χ4n) is 4.35. The van der Waals surface area contributed by atoms with Gasteiger partial charge in [-0.1, -0.05) is 61.2 Å². The maximum absolute atomic E-state index is 10.9. The summed E-state index contributed by atoms with van der Waals surface area (Å²) in [6.07, 6.45) is 7.01. The van der Waals surface area contributed by atoms with E-state index in [9.17, 15) is 4.79 Å². The molecule has 0 spiro atoms. The molecule has 1 heterocycles. The van der Waals surface area contributed by atoms with Gasteiger partial charge in [-0.2, -0.15) is 0 Å². The molecule has 1 N–H and O–H groups in total. The molecule has 0 aromatic heterocycles. The van der Waals surface area contributed by atoms with Gasteiger partial charge in [0.15, 0.2) is 0 Å². The van der Waals surface area contributed by atoms with E-state index in [0.717, 1.165) is 43.9 Å². The van der Waals surface area contributed by atoms with Crippen molar-refractivity contribution in [2.75, 3.05) is 19.6 Å². The molecule has 1 aliphatic rings. The highest BCUT2D eigenvalue weighted by atomic mass is 35.5. The second kappa shape index (κ2) is 11.0. The maximum atomic E-state index is 10.9. The van der Waals surface area contributed by atoms with Gasteiger partial charge in [0.05, 0.1) is 5.92 Å². The first kappa shape index (κ1) is 22.8. The van der Waals surface area contributed by atoms with E-state index in [1.807, 2.05) is 6.07 Å². The van der Waals surface area contributed by atoms with E-state index in [-0.39, 0.29) is 5.92 Å². The lowest BCUT2D eigenvalue weighted by Gasteiger charge is -2.36. The van der Waals surface area contributed by atoms with Crippen LogP contribution in [0.5, 0.6) is 0 Å². The third kappa shape index (κ3) is 6.58. The zero-order chi connectivity index (χ0) is 21.5. The summed E-state index contributed by atoms with van der Waals surface area (Å²) < 4.78 is 0. The molecule has 0 saturated carbocycles. The predicted octanol–water partition coefficient (Wildman–Crippen LogP) is 6.25. The Hall–Kier alpha value is -1.84. The minimum atomic E-state index is -0.651. The zero-order valence-corrected chi connectivity index (χ0v) is 19.0. The number of unbranched alkanes of at least 4 members (excludes halogenated alkanes) is 3. The summed E-state index contributed by atoms with van der Waals surface area (Å²) in [4.78, 5) is 13.1. The molecule has 162 valence electrons. The monoisotopic (exact) mass is 427 g/mol. The molecule has 3 nitrogen and oxygen atoms in total. The topological polar surface area (TPSA) is 40.5 Å². The number of hydrogen-bond donors (Lipinski definition) is 1. The normalized spacial score (nSPS) is 15.7. The number of aryl methyl sites for hydroxylation is 2. The van der Waals surface area contributed by atoms with Crippen molar-refractivity contribution in [3.63, 3.8) is 0 Å². The molecule has 0 bridgehead atoms. The summed E-state index contributed by atoms with van der Waals surface area (Å²) in [6, 6.07) is 15.1. The molecule has 2 aromatic rings. The number of aliphatic carboxylic acids is 1. The highest BCUT2D eigenvalue weighted by Gasteiger charge is 2.31. The molecule has 3 rings (SSSR count). The Labute approximate surface area is 186 Å². The molecule has 1 fully saturated rings. The van der Waals surface area contributed by atoms with Crippen molar-refractivity contribution >= 4 is 17.6 Å². The summed E-state index contributed by atoms with van der Waals surface area (Å²) in [7, 11) is 0. The van der Waals surface area contributed by atoms with Gasteiger partial charge in [-0.15, -0.1) is 0 Å². The molecule has 1 atom stereocenters. The lowest BCUT2D eigenvalue weighted by molar-refractivity contribution is -0.147. The summed E-state index contributed by atoms with van der Waals surface area (Å²) in [5.41, 5.74) is 5.43. The second-order valence-corrected chi connectivity index (χ2v) is 9.31. The van der Waals surface area contributed by atoms with Crippen molar-refractivity contribution in [3.05, 3.63) is 69.7 Å². The number of likely N-dealkylation sites (tertiary alicyclic amines) is 1. The Morgan fingerprint density at radius 2 is 1.83 bits per heavy atom. The average Bonchev–Trinajstić information content (AvgIpc) is 2.67. The Morgan fingerprint density at radius 1 is 1.07 bits per heavy atom. The fourth-order valence-corrected chi connectivity index (χ4v) is 4.55. The van der Waals surface area contributed by atoms with Crippen LogP contribution in [0.4, 0.5) is 0 Å². The van der Waals surface area contributed by atoms with Gasteiger partial charge in [0.25, 0.3) is 0 Å². The van der Waals surface area contributed by atoms with Gasteiger partial charge in [0.2, 0.25) is 0 Å². The average molecular weight is 428 g/mol. The number of rotatable bonds is 11. The van der Waals surface area contributed by atoms with Gasteiger partial charge in [0, 0.05) is 18.1 Å². The fraction of sp³-hybridized carbons (Fsp3) is 0.500. The molecule has 1 saturated heterocycles. The lowest BCUT2D eigenvalue weighted by Crippen LogP contribution is -2.50. The van der Waals surface area contributed by atoms with E-state index in [4.69, 9.17) is 16.7 Å². The number of nitrogens with zero attached hydrogens (tertiary/aromatic N) is 1. The second-order valence-electron chi connectivity index (χ2n) is 8.87. The van der Waals surface area contributed by atoms with Crippen LogP contribution >= 0.6 is 11.6 Å². The van der Waals surface area contributed by atoms with Crippen LogP contribution < -0.4 is 0 Å². The third-order valence-corrected chi connectivity index (χ3v) is 6.69. The van der Waals surface area contributed by atoms with Crippen LogP contribution in [0.15, 0.2) is 42.5 Å². The van der Waals surface area contributed by atoms with Gasteiger partial charge in [-0.05, 0) is 80.0 Å². The highest BCUT2D eigenvalue weighted by molar-refractivity contribution is 6.30. The van der Waals surface area contributed by atoms with Gasteiger partial charge < -0.3 is 10.0 Å². The van der Waals surface area contributed by atoms with E-state index in [2.05, 4.69) is 55.1 Å². The lowest BCUT2D eigenvalue weighted by atomic mass is 9.87. The zero-order valence-electron chi connectivity index (χ0n) is 18.2. The molecule has 30 heavy (non-hydrogen) atoms. The quantitative estimate of drug-likeness (QED) is 0.431. The van der Waals surface area contributed by atoms with Gasteiger partial charge in [-0.3, -0.25) is 4.79 Å². The van der Waals surface area contributed by atoms with E-state index < -0.39 is 5.97 Å². The smallest absolute Gasteiger partial charge is 0.309 e. The molecule has 1 unspecified atom stereocenters. The van der Waals surface area contributed by atoms with Crippen molar-refractivity contribution in [2.45, 2.75) is 58.3 Å². The molecule has 0 amide bonds. The first-order valence-electron chi connectivity index (χ1n) is 11.2. The van der Waals surface area contributed by atoms with E-state index >= 15 is 0 Å². The van der Waals surface area contributed by atoms with Crippen molar-refractivity contribution < 1.29 is 9.90 Å². The minimum Gasteiger partial charge on any atom is -0.481 e. The Balaban J connectivity index is 1.47. The van der Waals surface area contributed by atoms with Crippen molar-refractivity contribution in [2.24, 2.45) is 5.92 Å². The molecular formula is C26H34ClNO2. The van der Waals surface area contributed by atoms with Crippen LogP contribution in [-0.2, 0) is 11.2 Å². The van der Waals surface area contributed by atoms with Gasteiger partial charge >= 0.3 is 5.97 Å². The number of halogens is 1. The maximum Gasteiger partial charge on any atom is 0.309 e. The highest BCUT2D eigenvalue weighted by Crippen LogP contribution is 2.29. The van der Waals surface area contributed by atoms with Crippen LogP contribution in [-0.4, -0.2) is 35.6 Å². The van der Waals surface area contributed by atoms with Crippen LogP contribution in [0, 0.1) is 19.8 Å². The Morgan fingerprint density at radius 3 is 2.53 bits per heavy atom. The summed E-state index contributed by atoms with van der Waals surface area (Å²) in [6.45, 7) is 6.83. The molecule has 0 aliphatic carbocycles. The molecule has 2 aromatic carbocycles. The third-order valence-electron chi connectivity index (χ3n) is 6.46. The van der Waals surface area contributed by atoms with Crippen molar-refractivity contribution in [1.82, 2.24) is 4.90 Å². The number of carboxylic acid groups (broad SMARTS) is 1.